The quantitative estimate of drug-likeness (QED) is 0.254. The highest BCUT2D eigenvalue weighted by atomic mass is 16.7. The monoisotopic (exact) mass is 406 g/mol. The summed E-state index contributed by atoms with van der Waals surface area (Å²) in [5, 5.41) is 69.9. The molecule has 0 aromatic heterocycles. The van der Waals surface area contributed by atoms with Crippen LogP contribution in [-0.2, 0) is 9.47 Å². The van der Waals surface area contributed by atoms with E-state index in [1.54, 1.807) is 0 Å². The fourth-order valence-corrected chi connectivity index (χ4v) is 4.19. The zero-order valence-electron chi connectivity index (χ0n) is 16.5. The van der Waals surface area contributed by atoms with Crippen LogP contribution >= 0.6 is 0 Å². The predicted molar refractivity (Wildman–Crippen MR) is 98.0 cm³/mol. The summed E-state index contributed by atoms with van der Waals surface area (Å²) in [4.78, 5) is 0. The maximum Gasteiger partial charge on any atom is 0.186 e. The van der Waals surface area contributed by atoms with Gasteiger partial charge in [0.25, 0.3) is 0 Å². The van der Waals surface area contributed by atoms with E-state index in [2.05, 4.69) is 0 Å². The Balaban J connectivity index is 1.97. The molecule has 2 aliphatic rings. The van der Waals surface area contributed by atoms with Crippen molar-refractivity contribution >= 4 is 0 Å². The lowest BCUT2D eigenvalue weighted by Crippen LogP contribution is -2.59. The smallest absolute Gasteiger partial charge is 0.186 e. The van der Waals surface area contributed by atoms with Crippen LogP contribution in [0.15, 0.2) is 12.2 Å². The molecule has 0 bridgehead atoms. The summed E-state index contributed by atoms with van der Waals surface area (Å²) < 4.78 is 10.5. The zero-order chi connectivity index (χ0) is 21.3. The predicted octanol–water partition coefficient (Wildman–Crippen LogP) is -1.73. The Morgan fingerprint density at radius 2 is 1.79 bits per heavy atom. The molecule has 2 rings (SSSR count). The van der Waals surface area contributed by atoms with Gasteiger partial charge in [0, 0.05) is 0 Å². The van der Waals surface area contributed by atoms with Crippen LogP contribution < -0.4 is 0 Å². The van der Waals surface area contributed by atoms with Gasteiger partial charge in [-0.25, -0.2) is 0 Å². The van der Waals surface area contributed by atoms with Gasteiger partial charge in [-0.1, -0.05) is 32.9 Å². The summed E-state index contributed by atoms with van der Waals surface area (Å²) in [6.07, 6.45) is -4.85. The van der Waals surface area contributed by atoms with E-state index in [-0.39, 0.29) is 12.5 Å². The van der Waals surface area contributed by atoms with Gasteiger partial charge >= 0.3 is 0 Å². The molecule has 0 aromatic carbocycles. The molecule has 7 N–H and O–H groups in total. The second-order valence-corrected chi connectivity index (χ2v) is 8.66. The van der Waals surface area contributed by atoms with Crippen molar-refractivity contribution in [1.29, 1.82) is 0 Å². The minimum atomic E-state index is -1.56. The van der Waals surface area contributed by atoms with Crippen LogP contribution in [0, 0.1) is 11.3 Å². The normalized spacial score (nSPS) is 45.3. The summed E-state index contributed by atoms with van der Waals surface area (Å²) in [5.74, 6) is -0.221. The lowest BCUT2D eigenvalue weighted by molar-refractivity contribution is -0.303. The van der Waals surface area contributed by atoms with Crippen molar-refractivity contribution in [1.82, 2.24) is 0 Å². The number of aliphatic hydroxyl groups is 7. The third-order valence-corrected chi connectivity index (χ3v) is 6.06. The van der Waals surface area contributed by atoms with Gasteiger partial charge in [0.1, 0.15) is 24.4 Å². The second kappa shape index (κ2) is 9.03. The average Bonchev–Trinajstić information content (AvgIpc) is 2.61. The number of ether oxygens (including phenoxy) is 2. The van der Waals surface area contributed by atoms with Gasteiger partial charge in [0.2, 0.25) is 0 Å². The first-order valence-electron chi connectivity index (χ1n) is 9.63. The third kappa shape index (κ3) is 4.75. The Hall–Kier alpha value is -0.620. The van der Waals surface area contributed by atoms with Gasteiger partial charge in [0.05, 0.1) is 31.0 Å². The SMILES string of the molecule is C[C@@H]1C[C@H](O)CC(C)(C)[C@@]1(O)C=C[C@@H](O)CO[C@@H]1O[C@H](CO)[C@@H](O)[C@H](O)[C@H]1O. The van der Waals surface area contributed by atoms with Crippen LogP contribution in [0.2, 0.25) is 0 Å². The van der Waals surface area contributed by atoms with Crippen LogP contribution in [0.5, 0.6) is 0 Å². The first-order valence-corrected chi connectivity index (χ1v) is 9.63. The Morgan fingerprint density at radius 3 is 2.36 bits per heavy atom. The van der Waals surface area contributed by atoms with Crippen molar-refractivity contribution in [3.8, 4) is 0 Å². The second-order valence-electron chi connectivity index (χ2n) is 8.66. The summed E-state index contributed by atoms with van der Waals surface area (Å²) in [6, 6.07) is 0. The van der Waals surface area contributed by atoms with E-state index in [1.807, 2.05) is 20.8 Å². The molecule has 9 heteroatoms. The molecule has 1 saturated heterocycles. The molecule has 1 aliphatic heterocycles. The minimum Gasteiger partial charge on any atom is -0.394 e. The molecule has 1 aliphatic carbocycles. The molecule has 1 heterocycles. The third-order valence-electron chi connectivity index (χ3n) is 6.06. The molecule has 0 unspecified atom stereocenters. The van der Waals surface area contributed by atoms with E-state index >= 15 is 0 Å². The molecular weight excluding hydrogens is 372 g/mol. The fraction of sp³-hybridized carbons (Fsp3) is 0.895. The van der Waals surface area contributed by atoms with Crippen molar-refractivity contribution in [2.45, 2.75) is 82.1 Å². The topological polar surface area (TPSA) is 160 Å². The van der Waals surface area contributed by atoms with Crippen molar-refractivity contribution in [3.05, 3.63) is 12.2 Å². The first kappa shape index (κ1) is 23.7. The lowest BCUT2D eigenvalue weighted by Gasteiger charge is -2.50. The molecule has 2 fully saturated rings. The maximum atomic E-state index is 11.1. The Bertz CT molecular complexity index is 537. The number of hydrogen-bond acceptors (Lipinski definition) is 9. The Morgan fingerprint density at radius 1 is 1.14 bits per heavy atom. The van der Waals surface area contributed by atoms with E-state index in [1.165, 1.54) is 12.2 Å². The van der Waals surface area contributed by atoms with Gasteiger partial charge in [0.15, 0.2) is 6.29 Å². The van der Waals surface area contributed by atoms with Crippen molar-refractivity contribution < 1.29 is 45.2 Å². The first-order chi connectivity index (χ1) is 12.9. The highest BCUT2D eigenvalue weighted by molar-refractivity contribution is 5.15. The highest BCUT2D eigenvalue weighted by Gasteiger charge is 2.50. The van der Waals surface area contributed by atoms with Crippen molar-refractivity contribution in [2.24, 2.45) is 11.3 Å². The van der Waals surface area contributed by atoms with Gasteiger partial charge in [-0.05, 0) is 24.2 Å². The van der Waals surface area contributed by atoms with Crippen LogP contribution in [0.1, 0.15) is 33.6 Å². The highest BCUT2D eigenvalue weighted by Crippen LogP contribution is 2.48. The summed E-state index contributed by atoms with van der Waals surface area (Å²) >= 11 is 0. The van der Waals surface area contributed by atoms with Gasteiger partial charge in [-0.3, -0.25) is 0 Å². The number of aliphatic hydroxyl groups excluding tert-OH is 6. The van der Waals surface area contributed by atoms with E-state index in [4.69, 9.17) is 9.47 Å². The van der Waals surface area contributed by atoms with E-state index in [0.717, 1.165) is 0 Å². The molecule has 0 radical (unpaired) electrons. The largest absolute Gasteiger partial charge is 0.394 e. The zero-order valence-corrected chi connectivity index (χ0v) is 16.5. The van der Waals surface area contributed by atoms with Crippen LogP contribution in [0.25, 0.3) is 0 Å². The van der Waals surface area contributed by atoms with Gasteiger partial charge in [-0.15, -0.1) is 0 Å². The molecule has 0 amide bonds. The fourth-order valence-electron chi connectivity index (χ4n) is 4.19. The Kier molecular flexibility index (Phi) is 7.63. The standard InChI is InChI=1S/C19H34O9/c1-10-6-12(22)7-18(2,3)19(10,26)5-4-11(21)9-27-17-16(25)15(24)14(23)13(8-20)28-17/h4-5,10-17,20-26H,6-9H2,1-3H3/t10-,11-,12+,13-,14-,15+,16-,17-,19-/m1/s1. The van der Waals surface area contributed by atoms with E-state index in [9.17, 15) is 35.7 Å². The molecule has 164 valence electrons. The minimum absolute atomic E-state index is 0.221. The van der Waals surface area contributed by atoms with E-state index in [0.29, 0.717) is 12.8 Å². The maximum absolute atomic E-state index is 11.1. The molecule has 9 nitrogen and oxygen atoms in total. The van der Waals surface area contributed by atoms with Crippen LogP contribution in [0.4, 0.5) is 0 Å². The molecule has 0 aromatic rings. The van der Waals surface area contributed by atoms with E-state index < -0.39 is 60.5 Å². The van der Waals surface area contributed by atoms with Crippen LogP contribution in [-0.4, -0.2) is 97.5 Å². The molecule has 28 heavy (non-hydrogen) atoms. The summed E-state index contributed by atoms with van der Waals surface area (Å²) in [5.41, 5.74) is -1.82. The summed E-state index contributed by atoms with van der Waals surface area (Å²) in [7, 11) is 0. The molecule has 0 spiro atoms. The lowest BCUT2D eigenvalue weighted by atomic mass is 9.60. The van der Waals surface area contributed by atoms with Gasteiger partial charge in [-0.2, -0.15) is 0 Å². The van der Waals surface area contributed by atoms with Crippen molar-refractivity contribution in [2.75, 3.05) is 13.2 Å². The molecular formula is C19H34O9. The summed E-state index contributed by atoms with van der Waals surface area (Å²) in [6.45, 7) is 4.68. The number of rotatable bonds is 6. The Labute approximate surface area is 164 Å². The van der Waals surface area contributed by atoms with Crippen LogP contribution in [0.3, 0.4) is 0 Å². The number of hydrogen-bond donors (Lipinski definition) is 7. The average molecular weight is 406 g/mol. The molecule has 1 saturated carbocycles. The molecule has 9 atom stereocenters. The van der Waals surface area contributed by atoms with Gasteiger partial charge < -0.3 is 45.2 Å². The van der Waals surface area contributed by atoms with Crippen molar-refractivity contribution in [3.63, 3.8) is 0 Å².